The number of likely N-dealkylation sites (tertiary alicyclic amines) is 1. The van der Waals surface area contributed by atoms with Crippen LogP contribution in [0.15, 0.2) is 24.3 Å². The van der Waals surface area contributed by atoms with Crippen molar-refractivity contribution < 1.29 is 9.90 Å². The number of rotatable bonds is 4. The van der Waals surface area contributed by atoms with Crippen LogP contribution in [0.1, 0.15) is 37.9 Å². The van der Waals surface area contributed by atoms with Crippen LogP contribution >= 0.6 is 0 Å². The maximum atomic E-state index is 12.5. The van der Waals surface area contributed by atoms with Gasteiger partial charge in [-0.15, -0.1) is 0 Å². The average molecular weight is 313 g/mol. The van der Waals surface area contributed by atoms with Gasteiger partial charge in [-0.3, -0.25) is 4.79 Å². The SMILES string of the molecule is O=C(CCc1nc2ccccc2[nH]1)N1CCCC(C2(O)CC2)C1. The number of benzene rings is 1. The summed E-state index contributed by atoms with van der Waals surface area (Å²) in [6, 6.07) is 7.92. The molecule has 2 fully saturated rings. The molecule has 23 heavy (non-hydrogen) atoms. The van der Waals surface area contributed by atoms with Crippen LogP contribution in [0.25, 0.3) is 11.0 Å². The van der Waals surface area contributed by atoms with Crippen LogP contribution in [0.4, 0.5) is 0 Å². The van der Waals surface area contributed by atoms with E-state index in [1.165, 1.54) is 0 Å². The number of hydrogen-bond acceptors (Lipinski definition) is 3. The van der Waals surface area contributed by atoms with E-state index in [-0.39, 0.29) is 11.8 Å². The zero-order chi connectivity index (χ0) is 15.9. The van der Waals surface area contributed by atoms with Crippen LogP contribution in [0, 0.1) is 5.92 Å². The van der Waals surface area contributed by atoms with Crippen molar-refractivity contribution in [2.24, 2.45) is 5.92 Å². The maximum absolute atomic E-state index is 12.5. The number of aromatic nitrogens is 2. The molecule has 5 nitrogen and oxygen atoms in total. The molecule has 2 aliphatic rings. The van der Waals surface area contributed by atoms with Crippen LogP contribution in [0.3, 0.4) is 0 Å². The summed E-state index contributed by atoms with van der Waals surface area (Å²) < 4.78 is 0. The molecule has 1 aromatic carbocycles. The van der Waals surface area contributed by atoms with E-state index in [1.807, 2.05) is 29.2 Å². The lowest BCUT2D eigenvalue weighted by Gasteiger charge is -2.35. The zero-order valence-electron chi connectivity index (χ0n) is 13.3. The summed E-state index contributed by atoms with van der Waals surface area (Å²) in [6.45, 7) is 1.54. The minimum Gasteiger partial charge on any atom is -0.390 e. The molecule has 0 radical (unpaired) electrons. The Kier molecular flexibility index (Phi) is 3.60. The summed E-state index contributed by atoms with van der Waals surface area (Å²) in [5.74, 6) is 1.32. The fourth-order valence-electron chi connectivity index (χ4n) is 3.69. The second kappa shape index (κ2) is 5.64. The number of imidazole rings is 1. The molecule has 1 atom stereocenters. The summed E-state index contributed by atoms with van der Waals surface area (Å²) in [4.78, 5) is 22.2. The number of amides is 1. The number of nitrogens with zero attached hydrogens (tertiary/aromatic N) is 2. The number of aliphatic hydroxyl groups is 1. The second-order valence-electron chi connectivity index (χ2n) is 6.98. The van der Waals surface area contributed by atoms with Gasteiger partial charge in [-0.2, -0.15) is 0 Å². The van der Waals surface area contributed by atoms with E-state index in [1.54, 1.807) is 0 Å². The van der Waals surface area contributed by atoms with Gasteiger partial charge in [0.05, 0.1) is 16.6 Å². The summed E-state index contributed by atoms with van der Waals surface area (Å²) >= 11 is 0. The Balaban J connectivity index is 1.35. The van der Waals surface area contributed by atoms with Crippen molar-refractivity contribution in [3.05, 3.63) is 30.1 Å². The average Bonchev–Trinajstić information content (AvgIpc) is 3.20. The molecule has 1 unspecified atom stereocenters. The molecular formula is C18H23N3O2. The van der Waals surface area contributed by atoms with Crippen LogP contribution < -0.4 is 0 Å². The highest BCUT2D eigenvalue weighted by atomic mass is 16.3. The molecule has 122 valence electrons. The molecule has 0 spiro atoms. The molecule has 4 rings (SSSR count). The number of fused-ring (bicyclic) bond motifs is 1. The molecule has 1 saturated heterocycles. The number of para-hydroxylation sites is 2. The van der Waals surface area contributed by atoms with Crippen LogP contribution in [-0.4, -0.2) is 44.6 Å². The Labute approximate surface area is 135 Å². The van der Waals surface area contributed by atoms with Crippen molar-refractivity contribution in [3.8, 4) is 0 Å². The summed E-state index contributed by atoms with van der Waals surface area (Å²) in [5.41, 5.74) is 1.49. The van der Waals surface area contributed by atoms with Crippen molar-refractivity contribution >= 4 is 16.9 Å². The lowest BCUT2D eigenvalue weighted by atomic mass is 9.90. The van der Waals surface area contributed by atoms with Crippen molar-refractivity contribution in [3.63, 3.8) is 0 Å². The van der Waals surface area contributed by atoms with E-state index < -0.39 is 5.60 Å². The third kappa shape index (κ3) is 2.98. The highest BCUT2D eigenvalue weighted by molar-refractivity contribution is 5.77. The molecule has 2 heterocycles. The first-order chi connectivity index (χ1) is 11.1. The number of aromatic amines is 1. The molecule has 5 heteroatoms. The monoisotopic (exact) mass is 313 g/mol. The quantitative estimate of drug-likeness (QED) is 0.909. The normalized spacial score (nSPS) is 23.2. The van der Waals surface area contributed by atoms with Gasteiger partial charge in [-0.25, -0.2) is 4.98 Å². The van der Waals surface area contributed by atoms with E-state index >= 15 is 0 Å². The molecule has 2 aromatic rings. The zero-order valence-corrected chi connectivity index (χ0v) is 13.3. The third-order valence-electron chi connectivity index (χ3n) is 5.31. The van der Waals surface area contributed by atoms with E-state index in [9.17, 15) is 9.90 Å². The van der Waals surface area contributed by atoms with Gasteiger partial charge in [-0.1, -0.05) is 12.1 Å². The van der Waals surface area contributed by atoms with Crippen LogP contribution in [0.2, 0.25) is 0 Å². The first-order valence-electron chi connectivity index (χ1n) is 8.58. The van der Waals surface area contributed by atoms with Gasteiger partial charge in [0.15, 0.2) is 0 Å². The number of aryl methyl sites for hydroxylation is 1. The Hall–Kier alpha value is -1.88. The van der Waals surface area contributed by atoms with E-state index in [4.69, 9.17) is 0 Å². The first-order valence-corrected chi connectivity index (χ1v) is 8.58. The molecule has 0 bridgehead atoms. The van der Waals surface area contributed by atoms with Gasteiger partial charge in [0.25, 0.3) is 0 Å². The van der Waals surface area contributed by atoms with Crippen LogP contribution in [0.5, 0.6) is 0 Å². The molecule has 2 N–H and O–H groups in total. The van der Waals surface area contributed by atoms with Crippen molar-refractivity contribution in [1.29, 1.82) is 0 Å². The number of carbonyl (C=O) groups excluding carboxylic acids is 1. The third-order valence-corrected chi connectivity index (χ3v) is 5.31. The molecule has 1 aliphatic carbocycles. The number of piperidine rings is 1. The predicted molar refractivity (Wildman–Crippen MR) is 87.9 cm³/mol. The number of nitrogens with one attached hydrogen (secondary N) is 1. The van der Waals surface area contributed by atoms with Crippen molar-refractivity contribution in [2.45, 2.75) is 44.1 Å². The first kappa shape index (κ1) is 14.7. The fraction of sp³-hybridized carbons (Fsp3) is 0.556. The Bertz CT molecular complexity index is 687. The second-order valence-corrected chi connectivity index (χ2v) is 6.98. The number of carbonyl (C=O) groups is 1. The fourth-order valence-corrected chi connectivity index (χ4v) is 3.69. The number of hydrogen-bond donors (Lipinski definition) is 2. The lowest BCUT2D eigenvalue weighted by Crippen LogP contribution is -2.44. The van der Waals surface area contributed by atoms with Crippen molar-refractivity contribution in [2.75, 3.05) is 13.1 Å². The van der Waals surface area contributed by atoms with Crippen molar-refractivity contribution in [1.82, 2.24) is 14.9 Å². The summed E-state index contributed by atoms with van der Waals surface area (Å²) in [5, 5.41) is 10.3. The largest absolute Gasteiger partial charge is 0.390 e. The predicted octanol–water partition coefficient (Wildman–Crippen LogP) is 2.26. The van der Waals surface area contributed by atoms with Gasteiger partial charge >= 0.3 is 0 Å². The van der Waals surface area contributed by atoms with E-state index in [0.29, 0.717) is 12.8 Å². The lowest BCUT2D eigenvalue weighted by molar-refractivity contribution is -0.134. The minimum absolute atomic E-state index is 0.180. The highest BCUT2D eigenvalue weighted by Gasteiger charge is 2.48. The van der Waals surface area contributed by atoms with Gasteiger partial charge in [0, 0.05) is 31.8 Å². The highest BCUT2D eigenvalue weighted by Crippen LogP contribution is 2.45. The van der Waals surface area contributed by atoms with E-state index in [2.05, 4.69) is 9.97 Å². The molecule has 1 saturated carbocycles. The van der Waals surface area contributed by atoms with Crippen LogP contribution in [-0.2, 0) is 11.2 Å². The Morgan fingerprint density at radius 3 is 3.00 bits per heavy atom. The van der Waals surface area contributed by atoms with Gasteiger partial charge < -0.3 is 15.0 Å². The van der Waals surface area contributed by atoms with Gasteiger partial charge in [0.1, 0.15) is 5.82 Å². The van der Waals surface area contributed by atoms with Gasteiger partial charge in [0.2, 0.25) is 5.91 Å². The smallest absolute Gasteiger partial charge is 0.223 e. The summed E-state index contributed by atoms with van der Waals surface area (Å²) in [6.07, 6.45) is 4.97. The molecule has 1 amide bonds. The summed E-state index contributed by atoms with van der Waals surface area (Å²) in [7, 11) is 0. The van der Waals surface area contributed by atoms with Gasteiger partial charge in [-0.05, 0) is 37.8 Å². The Morgan fingerprint density at radius 2 is 2.22 bits per heavy atom. The number of H-pyrrole nitrogens is 1. The standard InChI is InChI=1S/C18H23N3O2/c22-17(21-11-3-4-13(12-21)18(23)9-10-18)8-7-16-19-14-5-1-2-6-15(14)20-16/h1-2,5-6,13,23H,3-4,7-12H2,(H,19,20). The minimum atomic E-state index is -0.475. The molecule has 1 aromatic heterocycles. The molecular weight excluding hydrogens is 290 g/mol. The Morgan fingerprint density at radius 1 is 1.39 bits per heavy atom. The maximum Gasteiger partial charge on any atom is 0.223 e. The molecule has 1 aliphatic heterocycles. The van der Waals surface area contributed by atoms with E-state index in [0.717, 1.165) is 55.6 Å². The topological polar surface area (TPSA) is 69.2 Å².